The second-order valence-electron chi connectivity index (χ2n) is 4.84. The van der Waals surface area contributed by atoms with Gasteiger partial charge in [-0.15, -0.1) is 0 Å². The van der Waals surface area contributed by atoms with Gasteiger partial charge < -0.3 is 5.32 Å². The molecule has 0 amide bonds. The highest BCUT2D eigenvalue weighted by atomic mass is 14.9. The first kappa shape index (κ1) is 19.3. The molecule has 1 nitrogen and oxygen atoms in total. The molecule has 2 fully saturated rings. The lowest BCUT2D eigenvalue weighted by Crippen LogP contribution is -2.27. The maximum Gasteiger partial charge on any atom is -0.00231 e. The predicted molar refractivity (Wildman–Crippen MR) is 81.6 cm³/mol. The van der Waals surface area contributed by atoms with E-state index in [-0.39, 0.29) is 0 Å². The Morgan fingerprint density at radius 2 is 1.18 bits per heavy atom. The monoisotopic (exact) mass is 243 g/mol. The van der Waals surface area contributed by atoms with Crippen molar-refractivity contribution < 1.29 is 0 Å². The zero-order valence-electron chi connectivity index (χ0n) is 13.3. The van der Waals surface area contributed by atoms with Crippen LogP contribution in [0, 0.1) is 11.8 Å². The van der Waals surface area contributed by atoms with Gasteiger partial charge in [0.15, 0.2) is 0 Å². The van der Waals surface area contributed by atoms with Gasteiger partial charge in [-0.25, -0.2) is 0 Å². The van der Waals surface area contributed by atoms with Crippen LogP contribution in [0.4, 0.5) is 0 Å². The van der Waals surface area contributed by atoms with Crippen molar-refractivity contribution in [1.82, 2.24) is 5.32 Å². The summed E-state index contributed by atoms with van der Waals surface area (Å²) < 4.78 is 0. The fraction of sp³-hybridized carbons (Fsp3) is 1.00. The van der Waals surface area contributed by atoms with Crippen LogP contribution in [0.2, 0.25) is 0 Å². The molecule has 0 spiro atoms. The van der Waals surface area contributed by atoms with Crippen molar-refractivity contribution in [1.29, 1.82) is 0 Å². The molecule has 17 heavy (non-hydrogen) atoms. The third-order valence-electron chi connectivity index (χ3n) is 3.19. The first-order chi connectivity index (χ1) is 8.29. The van der Waals surface area contributed by atoms with Crippen LogP contribution in [0.15, 0.2) is 0 Å². The number of rotatable bonds is 0. The van der Waals surface area contributed by atoms with E-state index in [1.165, 1.54) is 51.6 Å². The lowest BCUT2D eigenvalue weighted by molar-refractivity contribution is 0.405. The Morgan fingerprint density at radius 3 is 1.35 bits per heavy atom. The first-order valence-electron chi connectivity index (χ1n) is 7.99. The van der Waals surface area contributed by atoms with Crippen LogP contribution in [0.5, 0.6) is 0 Å². The van der Waals surface area contributed by atoms with Crippen LogP contribution in [0.1, 0.15) is 80.1 Å². The number of piperidine rings is 1. The molecule has 1 saturated carbocycles. The van der Waals surface area contributed by atoms with E-state index < -0.39 is 0 Å². The van der Waals surface area contributed by atoms with Crippen molar-refractivity contribution in [2.24, 2.45) is 11.8 Å². The Bertz CT molecular complexity index is 111. The standard InChI is InChI=1S/C6H13N.C6H12.2C2H6/c1-6-3-2-4-7-5-6;1-6-4-2-3-5-6;2*1-2/h6-7H,2-5H2,1H3;6H,2-5H2,1H3;2*1-2H3. The van der Waals surface area contributed by atoms with Gasteiger partial charge in [0.1, 0.15) is 0 Å². The third-order valence-corrected chi connectivity index (χ3v) is 3.19. The summed E-state index contributed by atoms with van der Waals surface area (Å²) in [7, 11) is 0. The topological polar surface area (TPSA) is 12.0 Å². The van der Waals surface area contributed by atoms with Gasteiger partial charge in [-0.2, -0.15) is 0 Å². The van der Waals surface area contributed by atoms with Gasteiger partial charge in [0, 0.05) is 0 Å². The molecule has 0 aromatic rings. The highest BCUT2D eigenvalue weighted by molar-refractivity contribution is 4.63. The molecular formula is C16H37N. The van der Waals surface area contributed by atoms with E-state index in [2.05, 4.69) is 19.2 Å². The fourth-order valence-corrected chi connectivity index (χ4v) is 2.16. The van der Waals surface area contributed by atoms with Crippen LogP contribution >= 0.6 is 0 Å². The van der Waals surface area contributed by atoms with Crippen molar-refractivity contribution in [3.63, 3.8) is 0 Å². The van der Waals surface area contributed by atoms with Gasteiger partial charge in [0.25, 0.3) is 0 Å². The average Bonchev–Trinajstić information content (AvgIpc) is 2.87. The lowest BCUT2D eigenvalue weighted by Gasteiger charge is -2.17. The summed E-state index contributed by atoms with van der Waals surface area (Å²) >= 11 is 0. The zero-order valence-corrected chi connectivity index (χ0v) is 13.3. The van der Waals surface area contributed by atoms with Crippen LogP contribution in [-0.2, 0) is 0 Å². The minimum Gasteiger partial charge on any atom is -0.316 e. The molecule has 1 unspecified atom stereocenters. The summed E-state index contributed by atoms with van der Waals surface area (Å²) in [5.74, 6) is 1.97. The van der Waals surface area contributed by atoms with Crippen LogP contribution in [0.3, 0.4) is 0 Å². The van der Waals surface area contributed by atoms with Gasteiger partial charge in [-0.3, -0.25) is 0 Å². The quantitative estimate of drug-likeness (QED) is 0.612. The number of hydrogen-bond donors (Lipinski definition) is 1. The van der Waals surface area contributed by atoms with Crippen molar-refractivity contribution in [3.8, 4) is 0 Å². The van der Waals surface area contributed by atoms with Gasteiger partial charge in [-0.1, -0.05) is 67.2 Å². The highest BCUT2D eigenvalue weighted by Crippen LogP contribution is 2.22. The van der Waals surface area contributed by atoms with Crippen molar-refractivity contribution in [2.45, 2.75) is 80.1 Å². The van der Waals surface area contributed by atoms with Gasteiger partial charge in [0.05, 0.1) is 0 Å². The third kappa shape index (κ3) is 13.9. The number of hydrogen-bond acceptors (Lipinski definition) is 1. The summed E-state index contributed by atoms with van der Waals surface area (Å²) in [6.45, 7) is 15.1. The molecule has 0 bridgehead atoms. The molecule has 0 aromatic heterocycles. The minimum absolute atomic E-state index is 0.925. The van der Waals surface area contributed by atoms with E-state index in [9.17, 15) is 0 Å². The summed E-state index contributed by atoms with van der Waals surface area (Å²) in [5, 5.41) is 3.33. The Hall–Kier alpha value is -0.0400. The Kier molecular flexibility index (Phi) is 18.1. The van der Waals surface area contributed by atoms with E-state index in [4.69, 9.17) is 0 Å². The molecule has 1 heteroatoms. The van der Waals surface area contributed by atoms with E-state index in [0.29, 0.717) is 0 Å². The molecule has 1 atom stereocenters. The zero-order chi connectivity index (χ0) is 13.5. The second-order valence-corrected chi connectivity index (χ2v) is 4.84. The molecule has 0 aromatic carbocycles. The average molecular weight is 243 g/mol. The summed E-state index contributed by atoms with van der Waals surface area (Å²) in [4.78, 5) is 0. The molecule has 2 rings (SSSR count). The van der Waals surface area contributed by atoms with E-state index in [1.807, 2.05) is 27.7 Å². The lowest BCUT2D eigenvalue weighted by atomic mass is 10.0. The van der Waals surface area contributed by atoms with Crippen molar-refractivity contribution in [3.05, 3.63) is 0 Å². The van der Waals surface area contributed by atoms with E-state index in [1.54, 1.807) is 0 Å². The molecule has 106 valence electrons. The Morgan fingerprint density at radius 1 is 0.706 bits per heavy atom. The molecule has 0 radical (unpaired) electrons. The maximum atomic E-state index is 3.33. The Labute approximate surface area is 111 Å². The van der Waals surface area contributed by atoms with E-state index >= 15 is 0 Å². The second kappa shape index (κ2) is 16.0. The molecule has 1 N–H and O–H groups in total. The van der Waals surface area contributed by atoms with Gasteiger partial charge in [-0.05, 0) is 37.8 Å². The smallest absolute Gasteiger partial charge is 0.00231 e. The van der Waals surface area contributed by atoms with Crippen LogP contribution in [-0.4, -0.2) is 13.1 Å². The normalized spacial score (nSPS) is 23.3. The molecular weight excluding hydrogens is 206 g/mol. The van der Waals surface area contributed by atoms with Crippen LogP contribution in [0.25, 0.3) is 0 Å². The first-order valence-corrected chi connectivity index (χ1v) is 7.99. The van der Waals surface area contributed by atoms with Crippen molar-refractivity contribution in [2.75, 3.05) is 13.1 Å². The molecule has 1 aliphatic carbocycles. The van der Waals surface area contributed by atoms with E-state index in [0.717, 1.165) is 11.8 Å². The fourth-order valence-electron chi connectivity index (χ4n) is 2.16. The Balaban J connectivity index is 0. The molecule has 1 aliphatic heterocycles. The highest BCUT2D eigenvalue weighted by Gasteiger charge is 2.07. The summed E-state index contributed by atoms with van der Waals surface area (Å²) in [6, 6.07) is 0. The largest absolute Gasteiger partial charge is 0.316 e. The predicted octanol–water partition coefficient (Wildman–Crippen LogP) is 5.25. The van der Waals surface area contributed by atoms with Crippen LogP contribution < -0.4 is 5.32 Å². The molecule has 1 saturated heterocycles. The molecule has 2 aliphatic rings. The number of nitrogens with one attached hydrogen (secondary N) is 1. The maximum absolute atomic E-state index is 3.33. The van der Waals surface area contributed by atoms with Gasteiger partial charge in [0.2, 0.25) is 0 Å². The summed E-state index contributed by atoms with van der Waals surface area (Å²) in [6.07, 6.45) is 8.75. The van der Waals surface area contributed by atoms with Crippen molar-refractivity contribution >= 4 is 0 Å². The minimum atomic E-state index is 0.925. The SMILES string of the molecule is CC.CC.CC1CCCC1.CC1CCCNC1. The van der Waals surface area contributed by atoms with Gasteiger partial charge >= 0.3 is 0 Å². The molecule has 1 heterocycles. The summed E-state index contributed by atoms with van der Waals surface area (Å²) in [5.41, 5.74) is 0.